The minimum atomic E-state index is -0.994. The van der Waals surface area contributed by atoms with E-state index in [4.69, 9.17) is 5.11 Å². The molecule has 0 unspecified atom stereocenters. The van der Waals surface area contributed by atoms with Crippen molar-refractivity contribution in [2.45, 2.75) is 25.4 Å². The number of phenols is 1. The fourth-order valence-corrected chi connectivity index (χ4v) is 2.02. The zero-order valence-electron chi connectivity index (χ0n) is 9.17. The fourth-order valence-electron chi connectivity index (χ4n) is 2.02. The second kappa shape index (κ2) is 4.45. The van der Waals surface area contributed by atoms with E-state index in [0.29, 0.717) is 12.0 Å². The van der Waals surface area contributed by atoms with Gasteiger partial charge in [0, 0.05) is 12.0 Å². The summed E-state index contributed by atoms with van der Waals surface area (Å²) >= 11 is 0. The molecule has 2 rings (SSSR count). The highest BCUT2D eigenvalue weighted by molar-refractivity contribution is 5.87. The molecule has 0 bridgehead atoms. The van der Waals surface area contributed by atoms with Gasteiger partial charge in [0.2, 0.25) is 5.91 Å². The predicted octanol–water partition coefficient (Wildman–Crippen LogP) is 0.968. The molecule has 0 saturated carbocycles. The highest BCUT2D eigenvalue weighted by atomic mass is 16.4. The molecule has 1 aromatic rings. The van der Waals surface area contributed by atoms with Crippen LogP contribution in [0.3, 0.4) is 0 Å². The first kappa shape index (κ1) is 11.4. The molecule has 1 saturated heterocycles. The third-order valence-corrected chi connectivity index (χ3v) is 2.95. The van der Waals surface area contributed by atoms with Gasteiger partial charge in [-0.3, -0.25) is 4.79 Å². The monoisotopic (exact) mass is 235 g/mol. The van der Waals surface area contributed by atoms with Gasteiger partial charge in [-0.15, -0.1) is 0 Å². The van der Waals surface area contributed by atoms with Crippen LogP contribution < -0.4 is 0 Å². The van der Waals surface area contributed by atoms with Crippen LogP contribution in [0.25, 0.3) is 0 Å². The van der Waals surface area contributed by atoms with E-state index in [1.807, 2.05) is 0 Å². The molecule has 2 N–H and O–H groups in total. The number of likely N-dealkylation sites (tertiary alicyclic amines) is 1. The van der Waals surface area contributed by atoms with Crippen LogP contribution in [-0.2, 0) is 16.1 Å². The molecule has 0 spiro atoms. The van der Waals surface area contributed by atoms with Crippen LogP contribution in [0, 0.1) is 0 Å². The molecule has 0 aromatic heterocycles. The summed E-state index contributed by atoms with van der Waals surface area (Å²) in [5.41, 5.74) is 0.564. The molecular weight excluding hydrogens is 222 g/mol. The molecule has 5 nitrogen and oxygen atoms in total. The van der Waals surface area contributed by atoms with E-state index in [1.54, 1.807) is 18.2 Å². The summed E-state index contributed by atoms with van der Waals surface area (Å²) in [5, 5.41) is 18.6. The quantitative estimate of drug-likeness (QED) is 0.818. The van der Waals surface area contributed by atoms with Gasteiger partial charge < -0.3 is 15.1 Å². The van der Waals surface area contributed by atoms with Gasteiger partial charge in [0.25, 0.3) is 0 Å². The summed E-state index contributed by atoms with van der Waals surface area (Å²) in [6.45, 7) is 0.141. The molecule has 0 radical (unpaired) electrons. The number of para-hydroxylation sites is 1. The smallest absolute Gasteiger partial charge is 0.326 e. The van der Waals surface area contributed by atoms with Gasteiger partial charge in [0.05, 0.1) is 6.54 Å². The number of aliphatic carboxylic acids is 1. The molecule has 5 heteroatoms. The maximum atomic E-state index is 11.6. The lowest BCUT2D eigenvalue weighted by molar-refractivity contribution is -0.146. The number of carbonyl (C=O) groups excluding carboxylic acids is 1. The van der Waals surface area contributed by atoms with Crippen molar-refractivity contribution in [1.82, 2.24) is 4.90 Å². The van der Waals surface area contributed by atoms with E-state index in [9.17, 15) is 14.7 Å². The normalized spacial score (nSPS) is 19.6. The number of nitrogens with zero attached hydrogens (tertiary/aromatic N) is 1. The number of phenolic OH excluding ortho intramolecular Hbond substituents is 1. The average molecular weight is 235 g/mol. The Morgan fingerprint density at radius 2 is 2.12 bits per heavy atom. The Balaban J connectivity index is 2.19. The SMILES string of the molecule is O=C(O)[C@@H]1CCC(=O)N1Cc1ccccc1O. The fraction of sp³-hybridized carbons (Fsp3) is 0.333. The molecule has 1 atom stereocenters. The lowest BCUT2D eigenvalue weighted by atomic mass is 10.1. The third-order valence-electron chi connectivity index (χ3n) is 2.95. The number of carboxylic acid groups (broad SMARTS) is 1. The molecule has 0 aliphatic carbocycles. The average Bonchev–Trinajstić information content (AvgIpc) is 2.64. The van der Waals surface area contributed by atoms with Crippen LogP contribution in [0.1, 0.15) is 18.4 Å². The van der Waals surface area contributed by atoms with E-state index in [0.717, 1.165) is 0 Å². The highest BCUT2D eigenvalue weighted by Gasteiger charge is 2.36. The zero-order chi connectivity index (χ0) is 12.4. The van der Waals surface area contributed by atoms with Crippen LogP contribution in [0.4, 0.5) is 0 Å². The molecule has 1 heterocycles. The summed E-state index contributed by atoms with van der Waals surface area (Å²) in [6, 6.07) is 5.85. The highest BCUT2D eigenvalue weighted by Crippen LogP contribution is 2.25. The lowest BCUT2D eigenvalue weighted by Gasteiger charge is -2.21. The van der Waals surface area contributed by atoms with E-state index in [-0.39, 0.29) is 24.6 Å². The number of benzene rings is 1. The third kappa shape index (κ3) is 2.22. The van der Waals surface area contributed by atoms with Crippen molar-refractivity contribution in [1.29, 1.82) is 0 Å². The van der Waals surface area contributed by atoms with Crippen LogP contribution in [0.15, 0.2) is 24.3 Å². The maximum Gasteiger partial charge on any atom is 0.326 e. The molecule has 1 aliphatic heterocycles. The summed E-state index contributed by atoms with van der Waals surface area (Å²) in [7, 11) is 0. The van der Waals surface area contributed by atoms with Crippen molar-refractivity contribution in [3.63, 3.8) is 0 Å². The van der Waals surface area contributed by atoms with Crippen molar-refractivity contribution < 1.29 is 19.8 Å². The van der Waals surface area contributed by atoms with Crippen molar-refractivity contribution >= 4 is 11.9 Å². The standard InChI is InChI=1S/C12H13NO4/c14-10-4-2-1-3-8(10)7-13-9(12(16)17)5-6-11(13)15/h1-4,9,14H,5-7H2,(H,16,17)/t9-/m0/s1. The number of amides is 1. The number of hydrogen-bond acceptors (Lipinski definition) is 3. The molecule has 90 valence electrons. The second-order valence-electron chi connectivity index (χ2n) is 4.04. The van der Waals surface area contributed by atoms with Crippen molar-refractivity contribution in [2.75, 3.05) is 0 Å². The van der Waals surface area contributed by atoms with Crippen LogP contribution in [0.2, 0.25) is 0 Å². The molecule has 1 fully saturated rings. The Kier molecular flexibility index (Phi) is 2.99. The van der Waals surface area contributed by atoms with E-state index in [2.05, 4.69) is 0 Å². The van der Waals surface area contributed by atoms with Gasteiger partial charge in [-0.2, -0.15) is 0 Å². The first-order chi connectivity index (χ1) is 8.09. The Morgan fingerprint density at radius 3 is 2.76 bits per heavy atom. The zero-order valence-corrected chi connectivity index (χ0v) is 9.17. The number of carbonyl (C=O) groups is 2. The first-order valence-electron chi connectivity index (χ1n) is 5.38. The minimum Gasteiger partial charge on any atom is -0.508 e. The Bertz CT molecular complexity index is 458. The van der Waals surface area contributed by atoms with Gasteiger partial charge in [-0.25, -0.2) is 4.79 Å². The largest absolute Gasteiger partial charge is 0.508 e. The van der Waals surface area contributed by atoms with E-state index in [1.165, 1.54) is 11.0 Å². The van der Waals surface area contributed by atoms with Gasteiger partial charge in [-0.1, -0.05) is 18.2 Å². The summed E-state index contributed by atoms with van der Waals surface area (Å²) in [5.74, 6) is -1.09. The Labute approximate surface area is 98.3 Å². The van der Waals surface area contributed by atoms with Gasteiger partial charge >= 0.3 is 5.97 Å². The Morgan fingerprint density at radius 1 is 1.41 bits per heavy atom. The summed E-state index contributed by atoms with van der Waals surface area (Å²) < 4.78 is 0. The second-order valence-corrected chi connectivity index (χ2v) is 4.04. The van der Waals surface area contributed by atoms with Gasteiger partial charge in [0.15, 0.2) is 0 Å². The Hall–Kier alpha value is -2.04. The van der Waals surface area contributed by atoms with E-state index < -0.39 is 12.0 Å². The molecule has 1 aromatic carbocycles. The number of hydrogen-bond donors (Lipinski definition) is 2. The maximum absolute atomic E-state index is 11.6. The molecular formula is C12H13NO4. The number of carboxylic acids is 1. The molecule has 1 aliphatic rings. The summed E-state index contributed by atoms with van der Waals surface area (Å²) in [4.78, 5) is 23.9. The van der Waals surface area contributed by atoms with Crippen molar-refractivity contribution in [2.24, 2.45) is 0 Å². The van der Waals surface area contributed by atoms with Gasteiger partial charge in [0.1, 0.15) is 11.8 Å². The van der Waals surface area contributed by atoms with Gasteiger partial charge in [-0.05, 0) is 12.5 Å². The van der Waals surface area contributed by atoms with Crippen molar-refractivity contribution in [3.05, 3.63) is 29.8 Å². The predicted molar refractivity (Wildman–Crippen MR) is 59.3 cm³/mol. The minimum absolute atomic E-state index is 0.0799. The number of rotatable bonds is 3. The lowest BCUT2D eigenvalue weighted by Crippen LogP contribution is -2.37. The number of aromatic hydroxyl groups is 1. The molecule has 17 heavy (non-hydrogen) atoms. The van der Waals surface area contributed by atoms with Crippen LogP contribution in [-0.4, -0.2) is 33.0 Å². The van der Waals surface area contributed by atoms with Crippen LogP contribution in [0.5, 0.6) is 5.75 Å². The molecule has 1 amide bonds. The van der Waals surface area contributed by atoms with E-state index >= 15 is 0 Å². The topological polar surface area (TPSA) is 77.8 Å². The van der Waals surface area contributed by atoms with Crippen LogP contribution >= 0.6 is 0 Å². The summed E-state index contributed by atoms with van der Waals surface area (Å²) in [6.07, 6.45) is 0.590. The van der Waals surface area contributed by atoms with Crippen molar-refractivity contribution in [3.8, 4) is 5.75 Å². The first-order valence-corrected chi connectivity index (χ1v) is 5.38.